The van der Waals surface area contributed by atoms with Crippen LogP contribution >= 0.6 is 0 Å². The number of pyridine rings is 1. The van der Waals surface area contributed by atoms with E-state index in [4.69, 9.17) is 4.74 Å². The maximum atomic E-state index is 12.0. The Morgan fingerprint density at radius 1 is 1.43 bits per heavy atom. The fourth-order valence-corrected chi connectivity index (χ4v) is 2.95. The number of carbonyl (C=O) groups excluding carboxylic acids is 1. The van der Waals surface area contributed by atoms with Gasteiger partial charge >= 0.3 is 5.97 Å². The van der Waals surface area contributed by atoms with E-state index in [-0.39, 0.29) is 12.5 Å². The van der Waals surface area contributed by atoms with Crippen molar-refractivity contribution in [2.24, 2.45) is 0 Å². The van der Waals surface area contributed by atoms with Gasteiger partial charge in [-0.2, -0.15) is 0 Å². The molecule has 5 heteroatoms. The molecule has 0 aliphatic heterocycles. The zero-order chi connectivity index (χ0) is 16.6. The normalized spacial score (nSPS) is 15.3. The third-order valence-electron chi connectivity index (χ3n) is 3.96. The van der Waals surface area contributed by atoms with Crippen molar-refractivity contribution in [3.63, 3.8) is 0 Å². The minimum absolute atomic E-state index is 0.194. The van der Waals surface area contributed by atoms with Gasteiger partial charge in [0.05, 0.1) is 6.54 Å². The summed E-state index contributed by atoms with van der Waals surface area (Å²) in [5, 5.41) is 1.23. The molecule has 3 rings (SSSR count). The van der Waals surface area contributed by atoms with Gasteiger partial charge in [-0.1, -0.05) is 0 Å². The molecule has 0 amide bonds. The lowest BCUT2D eigenvalue weighted by atomic mass is 10.1. The van der Waals surface area contributed by atoms with E-state index in [1.54, 1.807) is 0 Å². The second kappa shape index (κ2) is 5.96. The summed E-state index contributed by atoms with van der Waals surface area (Å²) in [4.78, 5) is 21.6. The third kappa shape index (κ3) is 3.91. The zero-order valence-corrected chi connectivity index (χ0v) is 14.3. The standard InChI is InChI=1S/C18H25N3O2/c1-18(2,3)23-15(22)11-21(4)10-13-9-20-17-16(13)14(7-8-19-17)12-5-6-12/h7-9,12H,5-6,10-11H2,1-4H3,(H,19,20). The molecular weight excluding hydrogens is 290 g/mol. The number of aromatic nitrogens is 2. The first kappa shape index (κ1) is 16.0. The maximum Gasteiger partial charge on any atom is 0.320 e. The number of esters is 1. The van der Waals surface area contributed by atoms with E-state index in [1.165, 1.54) is 29.4 Å². The smallest absolute Gasteiger partial charge is 0.320 e. The molecule has 1 fully saturated rings. The quantitative estimate of drug-likeness (QED) is 0.861. The van der Waals surface area contributed by atoms with Crippen molar-refractivity contribution < 1.29 is 9.53 Å². The second-order valence-corrected chi connectivity index (χ2v) is 7.47. The van der Waals surface area contributed by atoms with Crippen molar-refractivity contribution in [3.8, 4) is 0 Å². The Balaban J connectivity index is 1.73. The van der Waals surface area contributed by atoms with Crippen molar-refractivity contribution in [2.45, 2.75) is 51.7 Å². The van der Waals surface area contributed by atoms with Crippen molar-refractivity contribution >= 4 is 17.0 Å². The Hall–Kier alpha value is -1.88. The molecule has 2 aromatic rings. The van der Waals surface area contributed by atoms with Crippen LogP contribution in [0.3, 0.4) is 0 Å². The molecule has 0 saturated heterocycles. The number of ether oxygens (including phenoxy) is 1. The fourth-order valence-electron chi connectivity index (χ4n) is 2.95. The van der Waals surface area contributed by atoms with Crippen LogP contribution in [0.15, 0.2) is 18.5 Å². The minimum atomic E-state index is -0.443. The van der Waals surface area contributed by atoms with Crippen molar-refractivity contribution in [1.82, 2.24) is 14.9 Å². The average molecular weight is 315 g/mol. The first-order chi connectivity index (χ1) is 10.8. The van der Waals surface area contributed by atoms with Crippen LogP contribution in [-0.4, -0.2) is 40.0 Å². The Bertz CT molecular complexity index is 711. The summed E-state index contributed by atoms with van der Waals surface area (Å²) in [6.45, 7) is 6.64. The van der Waals surface area contributed by atoms with Crippen LogP contribution in [0.4, 0.5) is 0 Å². The van der Waals surface area contributed by atoms with Gasteiger partial charge < -0.3 is 9.72 Å². The summed E-state index contributed by atoms with van der Waals surface area (Å²) in [5.41, 5.74) is 3.08. The Morgan fingerprint density at radius 2 is 2.17 bits per heavy atom. The Kier molecular flexibility index (Phi) is 4.15. The third-order valence-corrected chi connectivity index (χ3v) is 3.96. The Labute approximate surface area is 137 Å². The molecule has 0 bridgehead atoms. The molecular formula is C18H25N3O2. The highest BCUT2D eigenvalue weighted by atomic mass is 16.6. The lowest BCUT2D eigenvalue weighted by molar-refractivity contribution is -0.155. The number of hydrogen-bond donors (Lipinski definition) is 1. The molecule has 1 aliphatic rings. The summed E-state index contributed by atoms with van der Waals surface area (Å²) in [5.74, 6) is 0.478. The minimum Gasteiger partial charge on any atom is -0.459 e. The molecule has 1 N–H and O–H groups in total. The Morgan fingerprint density at radius 3 is 2.83 bits per heavy atom. The average Bonchev–Trinajstić information content (AvgIpc) is 3.19. The van der Waals surface area contributed by atoms with Gasteiger partial charge in [-0.3, -0.25) is 9.69 Å². The van der Waals surface area contributed by atoms with E-state index in [1.807, 2.05) is 45.1 Å². The monoisotopic (exact) mass is 315 g/mol. The van der Waals surface area contributed by atoms with Gasteiger partial charge in [0.25, 0.3) is 0 Å². The summed E-state index contributed by atoms with van der Waals surface area (Å²) < 4.78 is 5.39. The molecule has 1 saturated carbocycles. The SMILES string of the molecule is CN(CC(=O)OC(C)(C)C)Cc1c[nH]c2nccc(C3CC3)c12. The number of nitrogens with one attached hydrogen (secondary N) is 1. The van der Waals surface area contributed by atoms with E-state index in [0.29, 0.717) is 12.5 Å². The highest BCUT2D eigenvalue weighted by Gasteiger charge is 2.27. The molecule has 0 radical (unpaired) electrons. The number of nitrogens with zero attached hydrogens (tertiary/aromatic N) is 2. The molecule has 2 aromatic heterocycles. The summed E-state index contributed by atoms with van der Waals surface area (Å²) in [6, 6.07) is 2.13. The van der Waals surface area contributed by atoms with E-state index in [2.05, 4.69) is 16.0 Å². The summed E-state index contributed by atoms with van der Waals surface area (Å²) >= 11 is 0. The van der Waals surface area contributed by atoms with Crippen LogP contribution in [0.25, 0.3) is 11.0 Å². The van der Waals surface area contributed by atoms with Crippen molar-refractivity contribution in [3.05, 3.63) is 29.6 Å². The molecule has 2 heterocycles. The topological polar surface area (TPSA) is 58.2 Å². The molecule has 23 heavy (non-hydrogen) atoms. The van der Waals surface area contributed by atoms with Crippen molar-refractivity contribution in [1.29, 1.82) is 0 Å². The molecule has 124 valence electrons. The molecule has 1 aliphatic carbocycles. The predicted molar refractivity (Wildman–Crippen MR) is 90.2 cm³/mol. The van der Waals surface area contributed by atoms with Crippen LogP contribution in [0, 0.1) is 0 Å². The van der Waals surface area contributed by atoms with Gasteiger partial charge in [-0.25, -0.2) is 4.98 Å². The predicted octanol–water partition coefficient (Wildman–Crippen LogP) is 3.21. The van der Waals surface area contributed by atoms with Crippen LogP contribution in [0.5, 0.6) is 0 Å². The lowest BCUT2D eigenvalue weighted by Crippen LogP contribution is -2.32. The van der Waals surface area contributed by atoms with E-state index in [9.17, 15) is 4.79 Å². The van der Waals surface area contributed by atoms with Crippen LogP contribution < -0.4 is 0 Å². The number of fused-ring (bicyclic) bond motifs is 1. The number of rotatable bonds is 5. The zero-order valence-electron chi connectivity index (χ0n) is 14.3. The van der Waals surface area contributed by atoms with Gasteiger partial charge in [-0.15, -0.1) is 0 Å². The first-order valence-electron chi connectivity index (χ1n) is 8.19. The van der Waals surface area contributed by atoms with Crippen LogP contribution in [0.1, 0.15) is 50.7 Å². The number of carbonyl (C=O) groups is 1. The second-order valence-electron chi connectivity index (χ2n) is 7.47. The molecule has 0 aromatic carbocycles. The maximum absolute atomic E-state index is 12.0. The van der Waals surface area contributed by atoms with Gasteiger partial charge in [-0.05, 0) is 63.8 Å². The highest BCUT2D eigenvalue weighted by Crippen LogP contribution is 2.43. The summed E-state index contributed by atoms with van der Waals surface area (Å²) in [7, 11) is 1.94. The first-order valence-corrected chi connectivity index (χ1v) is 8.19. The van der Waals surface area contributed by atoms with Gasteiger partial charge in [0.1, 0.15) is 11.2 Å². The summed E-state index contributed by atoms with van der Waals surface area (Å²) in [6.07, 6.45) is 6.41. The molecule has 0 unspecified atom stereocenters. The van der Waals surface area contributed by atoms with Gasteiger partial charge in [0.15, 0.2) is 0 Å². The van der Waals surface area contributed by atoms with Crippen molar-refractivity contribution in [2.75, 3.05) is 13.6 Å². The largest absolute Gasteiger partial charge is 0.459 e. The van der Waals surface area contributed by atoms with Gasteiger partial charge in [0.2, 0.25) is 0 Å². The number of aromatic amines is 1. The van der Waals surface area contributed by atoms with E-state index in [0.717, 1.165) is 5.65 Å². The molecule has 5 nitrogen and oxygen atoms in total. The number of likely N-dealkylation sites (N-methyl/N-ethyl adjacent to an activating group) is 1. The van der Waals surface area contributed by atoms with Gasteiger partial charge in [0, 0.05) is 24.3 Å². The number of H-pyrrole nitrogens is 1. The lowest BCUT2D eigenvalue weighted by Gasteiger charge is -2.22. The van der Waals surface area contributed by atoms with Crippen LogP contribution in [-0.2, 0) is 16.1 Å². The molecule has 0 spiro atoms. The molecule has 0 atom stereocenters. The highest BCUT2D eigenvalue weighted by molar-refractivity contribution is 5.84. The number of hydrogen-bond acceptors (Lipinski definition) is 4. The fraction of sp³-hybridized carbons (Fsp3) is 0.556. The van der Waals surface area contributed by atoms with Crippen LogP contribution in [0.2, 0.25) is 0 Å². The van der Waals surface area contributed by atoms with E-state index >= 15 is 0 Å². The van der Waals surface area contributed by atoms with E-state index < -0.39 is 5.60 Å².